The molecule has 0 aliphatic rings. The zero-order valence-corrected chi connectivity index (χ0v) is 14.7. The monoisotopic (exact) mass is 335 g/mol. The van der Waals surface area contributed by atoms with Gasteiger partial charge in [0.05, 0.1) is 19.3 Å². The summed E-state index contributed by atoms with van der Waals surface area (Å²) in [5.74, 6) is -0.121. The molecule has 0 fully saturated rings. The third-order valence-corrected chi connectivity index (χ3v) is 4.05. The molecule has 1 amide bonds. The van der Waals surface area contributed by atoms with Crippen LogP contribution < -0.4 is 5.32 Å². The number of nitrogens with one attached hydrogen (secondary N) is 1. The minimum atomic E-state index is -0.121. The first-order valence-corrected chi connectivity index (χ1v) is 8.19. The zero-order chi connectivity index (χ0) is 17.8. The SMILES string of the molecule is Cc1cc(C)c(Cn2cc(CNC(=O)c3ccccc3)nn2)c(C)n1. The summed E-state index contributed by atoms with van der Waals surface area (Å²) in [6.07, 6.45) is 1.85. The lowest BCUT2D eigenvalue weighted by atomic mass is 10.1. The molecule has 0 saturated carbocycles. The highest BCUT2D eigenvalue weighted by atomic mass is 16.1. The molecule has 1 aromatic carbocycles. The van der Waals surface area contributed by atoms with E-state index in [0.29, 0.717) is 18.7 Å². The Hall–Kier alpha value is -3.02. The zero-order valence-electron chi connectivity index (χ0n) is 14.7. The third-order valence-electron chi connectivity index (χ3n) is 4.05. The van der Waals surface area contributed by atoms with E-state index < -0.39 is 0 Å². The van der Waals surface area contributed by atoms with Crippen LogP contribution in [0.25, 0.3) is 0 Å². The molecular weight excluding hydrogens is 314 g/mol. The van der Waals surface area contributed by atoms with Crippen molar-refractivity contribution in [2.45, 2.75) is 33.9 Å². The summed E-state index contributed by atoms with van der Waals surface area (Å²) in [5.41, 5.74) is 5.72. The number of nitrogens with zero attached hydrogens (tertiary/aromatic N) is 4. The number of benzene rings is 1. The van der Waals surface area contributed by atoms with Crippen LogP contribution >= 0.6 is 0 Å². The molecule has 6 heteroatoms. The highest BCUT2D eigenvalue weighted by Crippen LogP contribution is 2.14. The largest absolute Gasteiger partial charge is 0.346 e. The van der Waals surface area contributed by atoms with Crippen molar-refractivity contribution in [3.63, 3.8) is 0 Å². The van der Waals surface area contributed by atoms with E-state index in [-0.39, 0.29) is 5.91 Å². The molecule has 0 aliphatic heterocycles. The highest BCUT2D eigenvalue weighted by molar-refractivity contribution is 5.93. The predicted molar refractivity (Wildman–Crippen MR) is 95.2 cm³/mol. The van der Waals surface area contributed by atoms with E-state index >= 15 is 0 Å². The first-order chi connectivity index (χ1) is 12.0. The number of carbonyl (C=O) groups excluding carboxylic acids is 1. The number of pyridine rings is 1. The minimum Gasteiger partial charge on any atom is -0.346 e. The molecule has 0 atom stereocenters. The van der Waals surface area contributed by atoms with Gasteiger partial charge >= 0.3 is 0 Å². The van der Waals surface area contributed by atoms with Crippen molar-refractivity contribution < 1.29 is 4.79 Å². The van der Waals surface area contributed by atoms with E-state index in [1.54, 1.807) is 16.8 Å². The van der Waals surface area contributed by atoms with Crippen LogP contribution in [0.4, 0.5) is 0 Å². The quantitative estimate of drug-likeness (QED) is 0.778. The van der Waals surface area contributed by atoms with Gasteiger partial charge in [-0.1, -0.05) is 23.4 Å². The molecule has 0 unspecified atom stereocenters. The van der Waals surface area contributed by atoms with Crippen molar-refractivity contribution in [3.05, 3.63) is 76.4 Å². The molecule has 3 rings (SSSR count). The van der Waals surface area contributed by atoms with E-state index in [1.165, 1.54) is 5.56 Å². The lowest BCUT2D eigenvalue weighted by Crippen LogP contribution is -2.22. The summed E-state index contributed by atoms with van der Waals surface area (Å²) in [6.45, 7) is 7.04. The Balaban J connectivity index is 1.64. The lowest BCUT2D eigenvalue weighted by molar-refractivity contribution is 0.0950. The molecule has 0 aliphatic carbocycles. The van der Waals surface area contributed by atoms with Gasteiger partial charge in [0.25, 0.3) is 5.91 Å². The molecule has 3 aromatic rings. The number of aromatic nitrogens is 4. The Labute approximate surface area is 146 Å². The maximum absolute atomic E-state index is 12.1. The molecule has 2 aromatic heterocycles. The maximum atomic E-state index is 12.1. The number of amides is 1. The van der Waals surface area contributed by atoms with Gasteiger partial charge in [-0.3, -0.25) is 9.78 Å². The molecule has 2 heterocycles. The second-order valence-corrected chi connectivity index (χ2v) is 6.10. The Kier molecular flexibility index (Phi) is 4.88. The van der Waals surface area contributed by atoms with Crippen LogP contribution in [0.1, 0.15) is 38.6 Å². The van der Waals surface area contributed by atoms with Gasteiger partial charge in [-0.05, 0) is 50.1 Å². The number of carbonyl (C=O) groups is 1. The van der Waals surface area contributed by atoms with Crippen LogP contribution in [0.5, 0.6) is 0 Å². The van der Waals surface area contributed by atoms with E-state index in [1.807, 2.05) is 38.2 Å². The van der Waals surface area contributed by atoms with Crippen LogP contribution in [0.3, 0.4) is 0 Å². The summed E-state index contributed by atoms with van der Waals surface area (Å²) >= 11 is 0. The number of hydrogen-bond acceptors (Lipinski definition) is 4. The molecule has 0 spiro atoms. The average molecular weight is 335 g/mol. The van der Waals surface area contributed by atoms with Crippen molar-refractivity contribution in [3.8, 4) is 0 Å². The van der Waals surface area contributed by atoms with Gasteiger partial charge in [0, 0.05) is 17.0 Å². The summed E-state index contributed by atoms with van der Waals surface area (Å²) in [4.78, 5) is 16.6. The normalized spacial score (nSPS) is 10.7. The standard InChI is InChI=1S/C19H21N5O/c1-13-9-14(2)21-15(3)18(13)12-24-11-17(22-23-24)10-20-19(25)16-7-5-4-6-8-16/h4-9,11H,10,12H2,1-3H3,(H,20,25). The van der Waals surface area contributed by atoms with Crippen LogP contribution in [0.2, 0.25) is 0 Å². The van der Waals surface area contributed by atoms with Gasteiger partial charge in [0.1, 0.15) is 5.69 Å². The van der Waals surface area contributed by atoms with Gasteiger partial charge in [-0.15, -0.1) is 5.10 Å². The molecule has 128 valence electrons. The lowest BCUT2D eigenvalue weighted by Gasteiger charge is -2.09. The van der Waals surface area contributed by atoms with Crippen LogP contribution in [-0.4, -0.2) is 25.9 Å². The molecule has 0 radical (unpaired) electrons. The number of aryl methyl sites for hydroxylation is 3. The molecule has 0 bridgehead atoms. The van der Waals surface area contributed by atoms with Crippen LogP contribution in [0.15, 0.2) is 42.6 Å². The van der Waals surface area contributed by atoms with Crippen molar-refractivity contribution in [2.24, 2.45) is 0 Å². The molecule has 25 heavy (non-hydrogen) atoms. The van der Waals surface area contributed by atoms with Crippen molar-refractivity contribution >= 4 is 5.91 Å². The fourth-order valence-electron chi connectivity index (χ4n) is 2.81. The minimum absolute atomic E-state index is 0.121. The van der Waals surface area contributed by atoms with Crippen LogP contribution in [0, 0.1) is 20.8 Å². The molecular formula is C19H21N5O. The Morgan fingerprint density at radius 3 is 2.64 bits per heavy atom. The van der Waals surface area contributed by atoms with E-state index in [9.17, 15) is 4.79 Å². The third kappa shape index (κ3) is 4.09. The Morgan fingerprint density at radius 2 is 1.92 bits per heavy atom. The first kappa shape index (κ1) is 16.8. The van der Waals surface area contributed by atoms with Crippen LogP contribution in [-0.2, 0) is 13.1 Å². The summed E-state index contributed by atoms with van der Waals surface area (Å²) < 4.78 is 1.77. The second kappa shape index (κ2) is 7.25. The smallest absolute Gasteiger partial charge is 0.251 e. The van der Waals surface area contributed by atoms with Gasteiger partial charge in [0.15, 0.2) is 0 Å². The Bertz CT molecular complexity index is 863. The van der Waals surface area contributed by atoms with Gasteiger partial charge in [-0.25, -0.2) is 4.68 Å². The van der Waals surface area contributed by atoms with Crippen molar-refractivity contribution in [2.75, 3.05) is 0 Å². The second-order valence-electron chi connectivity index (χ2n) is 6.10. The average Bonchev–Trinajstić information content (AvgIpc) is 3.04. The fraction of sp³-hybridized carbons (Fsp3) is 0.263. The molecule has 1 N–H and O–H groups in total. The van der Waals surface area contributed by atoms with Gasteiger partial charge in [0.2, 0.25) is 0 Å². The molecule has 6 nitrogen and oxygen atoms in total. The van der Waals surface area contributed by atoms with E-state index in [2.05, 4.69) is 33.6 Å². The fourth-order valence-corrected chi connectivity index (χ4v) is 2.81. The van der Waals surface area contributed by atoms with Gasteiger partial charge in [-0.2, -0.15) is 0 Å². The number of rotatable bonds is 5. The summed E-state index contributed by atoms with van der Waals surface area (Å²) in [6, 6.07) is 11.2. The topological polar surface area (TPSA) is 72.7 Å². The highest BCUT2D eigenvalue weighted by Gasteiger charge is 2.09. The first-order valence-electron chi connectivity index (χ1n) is 8.19. The summed E-state index contributed by atoms with van der Waals surface area (Å²) in [7, 11) is 0. The maximum Gasteiger partial charge on any atom is 0.251 e. The predicted octanol–water partition coefficient (Wildman–Crippen LogP) is 2.58. The molecule has 0 saturated heterocycles. The van der Waals surface area contributed by atoms with E-state index in [0.717, 1.165) is 22.6 Å². The van der Waals surface area contributed by atoms with E-state index in [4.69, 9.17) is 0 Å². The van der Waals surface area contributed by atoms with Crippen molar-refractivity contribution in [1.82, 2.24) is 25.3 Å². The Morgan fingerprint density at radius 1 is 1.16 bits per heavy atom. The van der Waals surface area contributed by atoms with Crippen molar-refractivity contribution in [1.29, 1.82) is 0 Å². The number of hydrogen-bond donors (Lipinski definition) is 1. The summed E-state index contributed by atoms with van der Waals surface area (Å²) in [5, 5.41) is 11.1. The van der Waals surface area contributed by atoms with Gasteiger partial charge < -0.3 is 5.32 Å².